The summed E-state index contributed by atoms with van der Waals surface area (Å²) in [5.41, 5.74) is 0. The molecule has 1 N–H and O–H groups in total. The van der Waals surface area contributed by atoms with Crippen LogP contribution in [-0.2, 0) is 9.47 Å². The van der Waals surface area contributed by atoms with Gasteiger partial charge < -0.3 is 14.8 Å². The second kappa shape index (κ2) is 9.73. The normalized spacial score (nSPS) is 21.0. The highest BCUT2D eigenvalue weighted by Gasteiger charge is 2.23. The molecule has 18 heavy (non-hydrogen) atoms. The second-order valence-corrected chi connectivity index (χ2v) is 5.35. The first-order valence-corrected chi connectivity index (χ1v) is 7.28. The van der Waals surface area contributed by atoms with Gasteiger partial charge in [0.1, 0.15) is 0 Å². The molecule has 0 amide bonds. The van der Waals surface area contributed by atoms with Gasteiger partial charge in [-0.05, 0) is 25.8 Å². The van der Waals surface area contributed by atoms with Crippen LogP contribution in [0.15, 0.2) is 0 Å². The number of nitrogens with zero attached hydrogens (tertiary/aromatic N) is 1. The van der Waals surface area contributed by atoms with E-state index in [1.54, 1.807) is 7.11 Å². The summed E-state index contributed by atoms with van der Waals surface area (Å²) in [6.07, 6.45) is 3.65. The number of ether oxygens (including phenoxy) is 2. The van der Waals surface area contributed by atoms with Crippen LogP contribution in [0.25, 0.3) is 0 Å². The fourth-order valence-corrected chi connectivity index (χ4v) is 2.38. The molecule has 1 aliphatic heterocycles. The Balaban J connectivity index is 2.05. The van der Waals surface area contributed by atoms with Crippen LogP contribution in [0.5, 0.6) is 0 Å². The van der Waals surface area contributed by atoms with E-state index in [0.29, 0.717) is 12.1 Å². The highest BCUT2D eigenvalue weighted by Crippen LogP contribution is 2.16. The largest absolute Gasteiger partial charge is 0.385 e. The van der Waals surface area contributed by atoms with E-state index in [1.807, 2.05) is 0 Å². The number of hydrogen-bond acceptors (Lipinski definition) is 4. The van der Waals surface area contributed by atoms with Crippen molar-refractivity contribution in [3.63, 3.8) is 0 Å². The molecular weight excluding hydrogens is 228 g/mol. The van der Waals surface area contributed by atoms with Crippen LogP contribution in [0.3, 0.4) is 0 Å². The third-order valence-corrected chi connectivity index (χ3v) is 3.42. The summed E-state index contributed by atoms with van der Waals surface area (Å²) in [5.74, 6) is 0. The van der Waals surface area contributed by atoms with Gasteiger partial charge in [0, 0.05) is 45.5 Å². The Bertz CT molecular complexity index is 200. The topological polar surface area (TPSA) is 33.7 Å². The van der Waals surface area contributed by atoms with Crippen molar-refractivity contribution in [2.24, 2.45) is 0 Å². The summed E-state index contributed by atoms with van der Waals surface area (Å²) < 4.78 is 10.6. The molecule has 0 radical (unpaired) electrons. The molecule has 0 aromatic carbocycles. The molecule has 4 nitrogen and oxygen atoms in total. The zero-order valence-electron chi connectivity index (χ0n) is 12.3. The van der Waals surface area contributed by atoms with E-state index in [0.717, 1.165) is 39.3 Å². The van der Waals surface area contributed by atoms with Crippen LogP contribution in [0, 0.1) is 0 Å². The fourth-order valence-electron chi connectivity index (χ4n) is 2.38. The van der Waals surface area contributed by atoms with Crippen molar-refractivity contribution in [3.8, 4) is 0 Å². The zero-order valence-corrected chi connectivity index (χ0v) is 12.3. The van der Waals surface area contributed by atoms with Gasteiger partial charge >= 0.3 is 0 Å². The molecule has 0 aromatic heterocycles. The Morgan fingerprint density at radius 3 is 2.83 bits per heavy atom. The summed E-state index contributed by atoms with van der Waals surface area (Å²) >= 11 is 0. The van der Waals surface area contributed by atoms with Gasteiger partial charge in [0.15, 0.2) is 0 Å². The maximum absolute atomic E-state index is 5.63. The van der Waals surface area contributed by atoms with Crippen molar-refractivity contribution < 1.29 is 9.47 Å². The Morgan fingerprint density at radius 1 is 1.28 bits per heavy atom. The van der Waals surface area contributed by atoms with E-state index >= 15 is 0 Å². The molecule has 0 aliphatic carbocycles. The fraction of sp³-hybridized carbons (Fsp3) is 1.00. The van der Waals surface area contributed by atoms with E-state index in [-0.39, 0.29) is 0 Å². The predicted octanol–water partition coefficient (Wildman–Crippen LogP) is 1.50. The first-order chi connectivity index (χ1) is 8.74. The van der Waals surface area contributed by atoms with Gasteiger partial charge in [0.05, 0.1) is 6.61 Å². The predicted molar refractivity (Wildman–Crippen MR) is 75.0 cm³/mol. The summed E-state index contributed by atoms with van der Waals surface area (Å²) in [5, 5.41) is 3.54. The summed E-state index contributed by atoms with van der Waals surface area (Å²) in [7, 11) is 1.73. The second-order valence-electron chi connectivity index (χ2n) is 5.35. The standard InChI is InChI=1S/C14H30N2O2/c1-13(2)15-12-14-6-4-7-16(14)8-11-18-10-5-9-17-3/h13-15H,4-12H2,1-3H3. The zero-order chi connectivity index (χ0) is 13.2. The Kier molecular flexibility index (Phi) is 8.59. The monoisotopic (exact) mass is 258 g/mol. The van der Waals surface area contributed by atoms with Crippen molar-refractivity contribution >= 4 is 0 Å². The van der Waals surface area contributed by atoms with Crippen LogP contribution in [0.1, 0.15) is 33.1 Å². The van der Waals surface area contributed by atoms with Crippen molar-refractivity contribution in [1.29, 1.82) is 0 Å². The molecule has 1 saturated heterocycles. The van der Waals surface area contributed by atoms with E-state index < -0.39 is 0 Å². The Hall–Kier alpha value is -0.160. The van der Waals surface area contributed by atoms with Crippen molar-refractivity contribution in [1.82, 2.24) is 10.2 Å². The van der Waals surface area contributed by atoms with Gasteiger partial charge in [-0.25, -0.2) is 0 Å². The molecule has 0 bridgehead atoms. The average molecular weight is 258 g/mol. The van der Waals surface area contributed by atoms with Crippen molar-refractivity contribution in [3.05, 3.63) is 0 Å². The molecule has 1 fully saturated rings. The third-order valence-electron chi connectivity index (χ3n) is 3.42. The molecule has 0 aromatic rings. The smallest absolute Gasteiger partial charge is 0.0593 e. The highest BCUT2D eigenvalue weighted by molar-refractivity contribution is 4.81. The minimum absolute atomic E-state index is 0.581. The summed E-state index contributed by atoms with van der Waals surface area (Å²) in [6.45, 7) is 10.3. The number of hydrogen-bond donors (Lipinski definition) is 1. The number of likely N-dealkylation sites (tertiary alicyclic amines) is 1. The first-order valence-electron chi connectivity index (χ1n) is 7.28. The Labute approximate surface area is 112 Å². The van der Waals surface area contributed by atoms with Crippen LogP contribution >= 0.6 is 0 Å². The molecule has 0 spiro atoms. The molecule has 1 rings (SSSR count). The quantitative estimate of drug-likeness (QED) is 0.602. The lowest BCUT2D eigenvalue weighted by molar-refractivity contribution is 0.0806. The minimum Gasteiger partial charge on any atom is -0.385 e. The lowest BCUT2D eigenvalue weighted by Crippen LogP contribution is -2.41. The van der Waals surface area contributed by atoms with E-state index in [2.05, 4.69) is 24.1 Å². The van der Waals surface area contributed by atoms with Gasteiger partial charge in [-0.3, -0.25) is 4.90 Å². The number of nitrogens with one attached hydrogen (secondary N) is 1. The molecule has 1 atom stereocenters. The molecule has 1 unspecified atom stereocenters. The van der Waals surface area contributed by atoms with Crippen molar-refractivity contribution in [2.45, 2.75) is 45.2 Å². The van der Waals surface area contributed by atoms with Crippen LogP contribution < -0.4 is 5.32 Å². The molecular formula is C14H30N2O2. The number of rotatable bonds is 10. The molecule has 4 heteroatoms. The summed E-state index contributed by atoms with van der Waals surface area (Å²) in [4.78, 5) is 2.56. The van der Waals surface area contributed by atoms with Gasteiger partial charge in [-0.2, -0.15) is 0 Å². The van der Waals surface area contributed by atoms with Gasteiger partial charge in [0.25, 0.3) is 0 Å². The minimum atomic E-state index is 0.581. The third kappa shape index (κ3) is 6.69. The van der Waals surface area contributed by atoms with Crippen LogP contribution in [-0.4, -0.2) is 63.5 Å². The van der Waals surface area contributed by atoms with Gasteiger partial charge in [-0.1, -0.05) is 13.8 Å². The SMILES string of the molecule is COCCCOCCN1CCCC1CNC(C)C. The highest BCUT2D eigenvalue weighted by atomic mass is 16.5. The molecule has 0 saturated carbocycles. The Morgan fingerprint density at radius 2 is 2.11 bits per heavy atom. The molecule has 1 aliphatic rings. The van der Waals surface area contributed by atoms with E-state index in [4.69, 9.17) is 9.47 Å². The van der Waals surface area contributed by atoms with Crippen molar-refractivity contribution in [2.75, 3.05) is 46.6 Å². The lowest BCUT2D eigenvalue weighted by atomic mass is 10.2. The average Bonchev–Trinajstić information content (AvgIpc) is 2.78. The molecule has 108 valence electrons. The first kappa shape index (κ1) is 15.9. The van der Waals surface area contributed by atoms with Crippen LogP contribution in [0.4, 0.5) is 0 Å². The van der Waals surface area contributed by atoms with Gasteiger partial charge in [-0.15, -0.1) is 0 Å². The number of methoxy groups -OCH3 is 1. The lowest BCUT2D eigenvalue weighted by Gasteiger charge is -2.25. The van der Waals surface area contributed by atoms with Crippen LogP contribution in [0.2, 0.25) is 0 Å². The molecule has 1 heterocycles. The van der Waals surface area contributed by atoms with E-state index in [1.165, 1.54) is 19.4 Å². The van der Waals surface area contributed by atoms with E-state index in [9.17, 15) is 0 Å². The maximum Gasteiger partial charge on any atom is 0.0593 e. The maximum atomic E-state index is 5.63. The summed E-state index contributed by atoms with van der Waals surface area (Å²) in [6, 6.07) is 1.28. The van der Waals surface area contributed by atoms with Gasteiger partial charge in [0.2, 0.25) is 0 Å².